The van der Waals surface area contributed by atoms with E-state index in [9.17, 15) is 17.9 Å². The van der Waals surface area contributed by atoms with Crippen LogP contribution in [0.1, 0.15) is 24.2 Å². The Morgan fingerprint density at radius 2 is 1.70 bits per heavy atom. The zero-order chi connectivity index (χ0) is 16.9. The maximum absolute atomic E-state index is 12.9. The summed E-state index contributed by atoms with van der Waals surface area (Å²) in [6.45, 7) is 1.58. The summed E-state index contributed by atoms with van der Waals surface area (Å²) in [5, 5.41) is 10.2. The van der Waals surface area contributed by atoms with Gasteiger partial charge in [0.05, 0.1) is 11.9 Å². The molecule has 2 atom stereocenters. The lowest BCUT2D eigenvalue weighted by Gasteiger charge is -2.20. The minimum absolute atomic E-state index is 0.0580. The third-order valence-corrected chi connectivity index (χ3v) is 5.03. The van der Waals surface area contributed by atoms with Crippen LogP contribution in [0, 0.1) is 5.82 Å². The molecule has 0 amide bonds. The fourth-order valence-electron chi connectivity index (χ4n) is 2.25. The summed E-state index contributed by atoms with van der Waals surface area (Å²) in [5.41, 5.74) is 1.40. The van der Waals surface area contributed by atoms with Crippen LogP contribution in [0.2, 0.25) is 0 Å². The quantitative estimate of drug-likeness (QED) is 0.815. The summed E-state index contributed by atoms with van der Waals surface area (Å²) in [4.78, 5) is 0. The molecule has 0 fully saturated rings. The Morgan fingerprint density at radius 3 is 2.30 bits per heavy atom. The van der Waals surface area contributed by atoms with Crippen molar-refractivity contribution in [2.75, 3.05) is 5.75 Å². The van der Waals surface area contributed by atoms with E-state index in [1.165, 1.54) is 24.3 Å². The van der Waals surface area contributed by atoms with E-state index in [0.717, 1.165) is 5.56 Å². The lowest BCUT2D eigenvalue weighted by atomic mass is 10.0. The molecule has 0 bridgehead atoms. The lowest BCUT2D eigenvalue weighted by Crippen LogP contribution is -2.38. The van der Waals surface area contributed by atoms with Crippen LogP contribution in [-0.2, 0) is 16.4 Å². The predicted octanol–water partition coefficient (Wildman–Crippen LogP) is 2.41. The van der Waals surface area contributed by atoms with Crippen molar-refractivity contribution >= 4 is 10.0 Å². The molecule has 0 aliphatic heterocycles. The number of rotatable bonds is 7. The van der Waals surface area contributed by atoms with Crippen molar-refractivity contribution in [1.82, 2.24) is 4.72 Å². The van der Waals surface area contributed by atoms with E-state index in [4.69, 9.17) is 0 Å². The molecular formula is C17H20FNO3S. The van der Waals surface area contributed by atoms with Crippen molar-refractivity contribution in [2.24, 2.45) is 0 Å². The first-order chi connectivity index (χ1) is 10.9. The van der Waals surface area contributed by atoms with Crippen LogP contribution in [0.3, 0.4) is 0 Å². The zero-order valence-electron chi connectivity index (χ0n) is 12.8. The standard InChI is InChI=1S/C17H20FNO3S/c1-13(17(20)15-7-9-16(18)10-8-15)19-23(21,22)12-11-14-5-3-2-4-6-14/h2-10,13,17,19-20H,11-12H2,1H3/t13-,17+/m1/s1. The van der Waals surface area contributed by atoms with Crippen molar-refractivity contribution in [1.29, 1.82) is 0 Å². The maximum Gasteiger partial charge on any atom is 0.212 e. The number of halogens is 1. The van der Waals surface area contributed by atoms with E-state index in [1.807, 2.05) is 30.3 Å². The van der Waals surface area contributed by atoms with Gasteiger partial charge in [0.15, 0.2) is 0 Å². The summed E-state index contributed by atoms with van der Waals surface area (Å²) in [6.07, 6.45) is -0.641. The minimum atomic E-state index is -3.52. The van der Waals surface area contributed by atoms with Gasteiger partial charge in [0.25, 0.3) is 0 Å². The fraction of sp³-hybridized carbons (Fsp3) is 0.294. The van der Waals surface area contributed by atoms with Gasteiger partial charge in [-0.25, -0.2) is 17.5 Å². The molecule has 2 rings (SSSR count). The smallest absolute Gasteiger partial charge is 0.212 e. The van der Waals surface area contributed by atoms with E-state index in [2.05, 4.69) is 4.72 Å². The third-order valence-electron chi connectivity index (χ3n) is 3.55. The molecule has 2 N–H and O–H groups in total. The maximum atomic E-state index is 12.9. The summed E-state index contributed by atoms with van der Waals surface area (Å²) < 4.78 is 39.6. The van der Waals surface area contributed by atoms with Crippen LogP contribution < -0.4 is 4.72 Å². The minimum Gasteiger partial charge on any atom is -0.387 e. The van der Waals surface area contributed by atoms with Crippen LogP contribution in [0.25, 0.3) is 0 Å². The molecule has 23 heavy (non-hydrogen) atoms. The number of nitrogens with one attached hydrogen (secondary N) is 1. The highest BCUT2D eigenvalue weighted by Crippen LogP contribution is 2.17. The highest BCUT2D eigenvalue weighted by molar-refractivity contribution is 7.89. The Labute approximate surface area is 136 Å². The molecule has 4 nitrogen and oxygen atoms in total. The second kappa shape index (κ2) is 7.68. The Kier molecular flexibility index (Phi) is 5.87. The van der Waals surface area contributed by atoms with Crippen molar-refractivity contribution in [3.8, 4) is 0 Å². The number of aliphatic hydroxyl groups is 1. The number of benzene rings is 2. The van der Waals surface area contributed by atoms with Gasteiger partial charge in [-0.3, -0.25) is 0 Å². The second-order valence-corrected chi connectivity index (χ2v) is 7.33. The lowest BCUT2D eigenvalue weighted by molar-refractivity contribution is 0.146. The fourth-order valence-corrected chi connectivity index (χ4v) is 3.57. The number of hydrogen-bond acceptors (Lipinski definition) is 3. The van der Waals surface area contributed by atoms with Crippen molar-refractivity contribution in [3.05, 3.63) is 71.5 Å². The molecule has 0 heterocycles. The van der Waals surface area contributed by atoms with E-state index < -0.39 is 28.0 Å². The van der Waals surface area contributed by atoms with Crippen LogP contribution in [0.4, 0.5) is 4.39 Å². The van der Waals surface area contributed by atoms with E-state index >= 15 is 0 Å². The highest BCUT2D eigenvalue weighted by atomic mass is 32.2. The second-order valence-electron chi connectivity index (χ2n) is 5.46. The molecule has 0 spiro atoms. The summed E-state index contributed by atoms with van der Waals surface area (Å²) in [7, 11) is -3.52. The molecule has 0 aromatic heterocycles. The van der Waals surface area contributed by atoms with Gasteiger partial charge in [0.2, 0.25) is 10.0 Å². The molecule has 0 radical (unpaired) electrons. The normalized spacial score (nSPS) is 14.4. The topological polar surface area (TPSA) is 66.4 Å². The first kappa shape index (κ1) is 17.6. The molecule has 124 valence electrons. The SMILES string of the molecule is C[C@@H](NS(=O)(=O)CCc1ccccc1)[C@H](O)c1ccc(F)cc1. The van der Waals surface area contributed by atoms with Crippen LogP contribution in [-0.4, -0.2) is 25.3 Å². The first-order valence-corrected chi connectivity index (χ1v) is 9.00. The van der Waals surface area contributed by atoms with Gasteiger partial charge in [-0.1, -0.05) is 42.5 Å². The van der Waals surface area contributed by atoms with E-state index in [-0.39, 0.29) is 5.75 Å². The van der Waals surface area contributed by atoms with Gasteiger partial charge in [0, 0.05) is 6.04 Å². The molecule has 0 saturated heterocycles. The van der Waals surface area contributed by atoms with Gasteiger partial charge in [0.1, 0.15) is 5.82 Å². The van der Waals surface area contributed by atoms with Crippen molar-refractivity contribution in [3.63, 3.8) is 0 Å². The van der Waals surface area contributed by atoms with Crippen molar-refractivity contribution < 1.29 is 17.9 Å². The Balaban J connectivity index is 1.94. The largest absolute Gasteiger partial charge is 0.387 e. The molecule has 6 heteroatoms. The van der Waals surface area contributed by atoms with Gasteiger partial charge in [-0.05, 0) is 36.6 Å². The molecule has 0 aliphatic carbocycles. The average molecular weight is 337 g/mol. The van der Waals surface area contributed by atoms with Crippen LogP contribution in [0.15, 0.2) is 54.6 Å². The van der Waals surface area contributed by atoms with E-state index in [1.54, 1.807) is 6.92 Å². The first-order valence-electron chi connectivity index (χ1n) is 7.35. The van der Waals surface area contributed by atoms with Gasteiger partial charge in [-0.15, -0.1) is 0 Å². The zero-order valence-corrected chi connectivity index (χ0v) is 13.6. The number of sulfonamides is 1. The predicted molar refractivity (Wildman–Crippen MR) is 87.9 cm³/mol. The van der Waals surface area contributed by atoms with Crippen LogP contribution >= 0.6 is 0 Å². The monoisotopic (exact) mass is 337 g/mol. The Bertz CT molecular complexity index is 717. The van der Waals surface area contributed by atoms with Crippen molar-refractivity contribution in [2.45, 2.75) is 25.5 Å². The van der Waals surface area contributed by atoms with Gasteiger partial charge in [-0.2, -0.15) is 0 Å². The Morgan fingerprint density at radius 1 is 1.09 bits per heavy atom. The Hall–Kier alpha value is -1.76. The molecule has 2 aromatic carbocycles. The number of aliphatic hydroxyl groups excluding tert-OH is 1. The van der Waals surface area contributed by atoms with E-state index in [0.29, 0.717) is 12.0 Å². The number of aryl methyl sites for hydroxylation is 1. The average Bonchev–Trinajstić information content (AvgIpc) is 2.54. The molecule has 0 unspecified atom stereocenters. The summed E-state index contributed by atoms with van der Waals surface area (Å²) >= 11 is 0. The van der Waals surface area contributed by atoms with Gasteiger partial charge < -0.3 is 5.11 Å². The molecular weight excluding hydrogens is 317 g/mol. The van der Waals surface area contributed by atoms with Gasteiger partial charge >= 0.3 is 0 Å². The summed E-state index contributed by atoms with van der Waals surface area (Å²) in [5.74, 6) is -0.464. The summed E-state index contributed by atoms with van der Waals surface area (Å²) in [6, 6.07) is 14.0. The van der Waals surface area contributed by atoms with Crippen LogP contribution in [0.5, 0.6) is 0 Å². The highest BCUT2D eigenvalue weighted by Gasteiger charge is 2.22. The molecule has 2 aromatic rings. The molecule has 0 saturated carbocycles. The number of hydrogen-bond donors (Lipinski definition) is 2. The third kappa shape index (κ3) is 5.42. The molecule has 0 aliphatic rings.